The third kappa shape index (κ3) is 4.96. The summed E-state index contributed by atoms with van der Waals surface area (Å²) >= 11 is 1.59. The summed E-state index contributed by atoms with van der Waals surface area (Å²) in [6.45, 7) is 2.81. The summed E-state index contributed by atoms with van der Waals surface area (Å²) in [7, 11) is 0. The zero-order chi connectivity index (χ0) is 21.8. The lowest BCUT2D eigenvalue weighted by atomic mass is 10.0. The summed E-state index contributed by atoms with van der Waals surface area (Å²) in [6, 6.07) is 28.7. The normalized spacial score (nSPS) is 13.5. The largest absolute Gasteiger partial charge is 0.298 e. The Balaban J connectivity index is 1.20. The first-order chi connectivity index (χ1) is 15.7. The number of hydrogen-bond acceptors (Lipinski definition) is 4. The van der Waals surface area contributed by atoms with Crippen molar-refractivity contribution in [2.75, 3.05) is 11.9 Å². The van der Waals surface area contributed by atoms with E-state index in [0.29, 0.717) is 10.7 Å². The van der Waals surface area contributed by atoms with Crippen molar-refractivity contribution in [3.8, 4) is 0 Å². The molecule has 4 nitrogen and oxygen atoms in total. The summed E-state index contributed by atoms with van der Waals surface area (Å²) < 4.78 is 0. The molecule has 0 spiro atoms. The average molecular weight is 440 g/mol. The third-order valence-electron chi connectivity index (χ3n) is 5.75. The molecule has 4 aromatic rings. The predicted molar refractivity (Wildman–Crippen MR) is 130 cm³/mol. The van der Waals surface area contributed by atoms with Gasteiger partial charge in [-0.15, -0.1) is 11.3 Å². The first-order valence-corrected chi connectivity index (χ1v) is 11.7. The molecule has 1 amide bonds. The molecular formula is C27H25N3OS. The smallest absolute Gasteiger partial charge is 0.257 e. The molecular weight excluding hydrogens is 414 g/mol. The van der Waals surface area contributed by atoms with Crippen LogP contribution in [0.2, 0.25) is 0 Å². The highest BCUT2D eigenvalue weighted by atomic mass is 32.1. The highest BCUT2D eigenvalue weighted by molar-refractivity contribution is 7.15. The van der Waals surface area contributed by atoms with Crippen molar-refractivity contribution in [1.82, 2.24) is 9.88 Å². The van der Waals surface area contributed by atoms with E-state index < -0.39 is 0 Å². The molecule has 1 N–H and O–H groups in total. The van der Waals surface area contributed by atoms with Gasteiger partial charge in [0, 0.05) is 36.5 Å². The molecule has 0 atom stereocenters. The number of nitrogens with zero attached hydrogens (tertiary/aromatic N) is 2. The van der Waals surface area contributed by atoms with Crippen molar-refractivity contribution in [3.63, 3.8) is 0 Å². The van der Waals surface area contributed by atoms with Crippen LogP contribution in [0.25, 0.3) is 0 Å². The molecule has 0 fully saturated rings. The maximum Gasteiger partial charge on any atom is 0.257 e. The topological polar surface area (TPSA) is 45.2 Å². The summed E-state index contributed by atoms with van der Waals surface area (Å²) in [5, 5.41) is 3.69. The molecule has 2 heterocycles. The molecule has 0 saturated carbocycles. The summed E-state index contributed by atoms with van der Waals surface area (Å²) in [5.41, 5.74) is 5.55. The number of aromatic nitrogens is 1. The van der Waals surface area contributed by atoms with Crippen LogP contribution < -0.4 is 5.32 Å². The minimum atomic E-state index is -0.108. The van der Waals surface area contributed by atoms with Crippen molar-refractivity contribution in [3.05, 3.63) is 118 Å². The lowest BCUT2D eigenvalue weighted by molar-refractivity contribution is 0.102. The van der Waals surface area contributed by atoms with Gasteiger partial charge in [0.1, 0.15) is 0 Å². The number of rotatable bonds is 6. The maximum atomic E-state index is 12.7. The molecule has 3 aromatic carbocycles. The SMILES string of the molecule is O=C(Nc1nc2c(s1)CN(Cc1ccccc1)CC2)c1ccc(Cc2ccccc2)cc1. The highest BCUT2D eigenvalue weighted by Crippen LogP contribution is 2.29. The highest BCUT2D eigenvalue weighted by Gasteiger charge is 2.21. The van der Waals surface area contributed by atoms with E-state index in [0.717, 1.165) is 38.2 Å². The van der Waals surface area contributed by atoms with E-state index in [1.807, 2.05) is 48.5 Å². The number of thiazole rings is 1. The molecule has 1 aromatic heterocycles. The van der Waals surface area contributed by atoms with Crippen molar-refractivity contribution in [1.29, 1.82) is 0 Å². The zero-order valence-corrected chi connectivity index (χ0v) is 18.6. The van der Waals surface area contributed by atoms with Gasteiger partial charge in [0.05, 0.1) is 5.69 Å². The number of anilines is 1. The Labute approximate surface area is 192 Å². The van der Waals surface area contributed by atoms with E-state index in [1.165, 1.54) is 21.6 Å². The average Bonchev–Trinajstić information content (AvgIpc) is 3.22. The second-order valence-corrected chi connectivity index (χ2v) is 9.23. The quantitative estimate of drug-likeness (QED) is 0.429. The molecule has 0 aliphatic carbocycles. The van der Waals surface area contributed by atoms with Crippen LogP contribution in [-0.2, 0) is 25.9 Å². The van der Waals surface area contributed by atoms with Gasteiger partial charge in [-0.25, -0.2) is 4.98 Å². The number of nitrogens with one attached hydrogen (secondary N) is 1. The van der Waals surface area contributed by atoms with E-state index in [1.54, 1.807) is 11.3 Å². The molecule has 0 unspecified atom stereocenters. The van der Waals surface area contributed by atoms with E-state index in [4.69, 9.17) is 4.98 Å². The fourth-order valence-electron chi connectivity index (χ4n) is 4.05. The standard InChI is InChI=1S/C27H25N3OS/c31-26(23-13-11-21(12-14-23)17-20-7-3-1-4-8-20)29-27-28-24-15-16-30(19-25(24)32-27)18-22-9-5-2-6-10-22/h1-14H,15-19H2,(H,28,29,31). The second-order valence-electron chi connectivity index (χ2n) is 8.15. The lowest BCUT2D eigenvalue weighted by Crippen LogP contribution is -2.29. The molecule has 1 aliphatic heterocycles. The molecule has 32 heavy (non-hydrogen) atoms. The summed E-state index contributed by atoms with van der Waals surface area (Å²) in [5.74, 6) is -0.108. The van der Waals surface area contributed by atoms with E-state index in [-0.39, 0.29) is 5.91 Å². The van der Waals surface area contributed by atoms with E-state index >= 15 is 0 Å². The minimum Gasteiger partial charge on any atom is -0.298 e. The first kappa shape index (κ1) is 20.6. The van der Waals surface area contributed by atoms with E-state index in [2.05, 4.69) is 46.6 Å². The third-order valence-corrected chi connectivity index (χ3v) is 6.74. The summed E-state index contributed by atoms with van der Waals surface area (Å²) in [4.78, 5) is 21.1. The molecule has 160 valence electrons. The van der Waals surface area contributed by atoms with Crippen molar-refractivity contribution in [2.24, 2.45) is 0 Å². The van der Waals surface area contributed by atoms with Gasteiger partial charge >= 0.3 is 0 Å². The van der Waals surface area contributed by atoms with Crippen molar-refractivity contribution < 1.29 is 4.79 Å². The Bertz CT molecular complexity index is 1190. The number of benzene rings is 3. The van der Waals surface area contributed by atoms with Gasteiger partial charge in [-0.05, 0) is 35.2 Å². The molecule has 5 rings (SSSR count). The van der Waals surface area contributed by atoms with Crippen LogP contribution in [0, 0.1) is 0 Å². The number of fused-ring (bicyclic) bond motifs is 1. The van der Waals surface area contributed by atoms with E-state index in [9.17, 15) is 4.79 Å². The molecule has 5 heteroatoms. The van der Waals surface area contributed by atoms with Gasteiger partial charge in [0.2, 0.25) is 0 Å². The van der Waals surface area contributed by atoms with Gasteiger partial charge in [-0.2, -0.15) is 0 Å². The molecule has 0 bridgehead atoms. The Kier molecular flexibility index (Phi) is 6.10. The van der Waals surface area contributed by atoms with Crippen LogP contribution in [0.15, 0.2) is 84.9 Å². The Morgan fingerprint density at radius 3 is 2.25 bits per heavy atom. The predicted octanol–water partition coefficient (Wildman–Crippen LogP) is 5.54. The second kappa shape index (κ2) is 9.47. The van der Waals surface area contributed by atoms with Crippen LogP contribution in [0.5, 0.6) is 0 Å². The molecule has 0 radical (unpaired) electrons. The van der Waals surface area contributed by atoms with Crippen LogP contribution in [0.3, 0.4) is 0 Å². The van der Waals surface area contributed by atoms with Gasteiger partial charge in [-0.1, -0.05) is 72.8 Å². The fraction of sp³-hybridized carbons (Fsp3) is 0.185. The molecule has 0 saturated heterocycles. The number of amides is 1. The van der Waals surface area contributed by atoms with Gasteiger partial charge in [0.25, 0.3) is 5.91 Å². The molecule has 1 aliphatic rings. The first-order valence-electron chi connectivity index (χ1n) is 10.9. The van der Waals surface area contributed by atoms with Gasteiger partial charge in [-0.3, -0.25) is 15.0 Å². The maximum absolute atomic E-state index is 12.7. The monoisotopic (exact) mass is 439 g/mol. The minimum absolute atomic E-state index is 0.108. The van der Waals surface area contributed by atoms with Crippen molar-refractivity contribution >= 4 is 22.4 Å². The van der Waals surface area contributed by atoms with Gasteiger partial charge in [0.15, 0.2) is 5.13 Å². The van der Waals surface area contributed by atoms with Gasteiger partial charge < -0.3 is 0 Å². The van der Waals surface area contributed by atoms with Crippen LogP contribution >= 0.6 is 11.3 Å². The summed E-state index contributed by atoms with van der Waals surface area (Å²) in [6.07, 6.45) is 1.78. The van der Waals surface area contributed by atoms with Crippen LogP contribution in [0.1, 0.15) is 37.6 Å². The fourth-order valence-corrected chi connectivity index (χ4v) is 5.10. The van der Waals surface area contributed by atoms with Crippen LogP contribution in [-0.4, -0.2) is 22.3 Å². The van der Waals surface area contributed by atoms with Crippen molar-refractivity contribution in [2.45, 2.75) is 25.9 Å². The Hall–Kier alpha value is -3.28. The van der Waals surface area contributed by atoms with Crippen LogP contribution in [0.4, 0.5) is 5.13 Å². The zero-order valence-electron chi connectivity index (χ0n) is 17.8. The number of hydrogen-bond donors (Lipinski definition) is 1. The lowest BCUT2D eigenvalue weighted by Gasteiger charge is -2.25. The number of carbonyl (C=O) groups is 1. The number of carbonyl (C=O) groups excluding carboxylic acids is 1. The Morgan fingerprint density at radius 1 is 0.875 bits per heavy atom. The Morgan fingerprint density at radius 2 is 1.53 bits per heavy atom.